The van der Waals surface area contributed by atoms with Crippen LogP contribution < -0.4 is 20.6 Å². The molecule has 0 radical (unpaired) electrons. The van der Waals surface area contributed by atoms with Gasteiger partial charge in [0.1, 0.15) is 48.6 Å². The van der Waals surface area contributed by atoms with E-state index in [9.17, 15) is 19.1 Å². The fourth-order valence-electron chi connectivity index (χ4n) is 6.58. The molecular formula is C34H37F3N6O5. The van der Waals surface area contributed by atoms with E-state index in [1.807, 2.05) is 25.7 Å². The van der Waals surface area contributed by atoms with Crippen LogP contribution in [0.5, 0.6) is 5.75 Å². The number of aliphatic hydroxyl groups is 1. The second kappa shape index (κ2) is 13.4. The van der Waals surface area contributed by atoms with Crippen LogP contribution in [0.1, 0.15) is 20.8 Å². The average molecular weight is 667 g/mol. The molecule has 6 rings (SSSR count). The van der Waals surface area contributed by atoms with E-state index in [2.05, 4.69) is 21.9 Å². The van der Waals surface area contributed by atoms with Gasteiger partial charge in [-0.2, -0.15) is 4.98 Å². The minimum atomic E-state index is -1.44. The van der Waals surface area contributed by atoms with Crippen LogP contribution in [0.25, 0.3) is 28.0 Å². The zero-order valence-electron chi connectivity index (χ0n) is 26.8. The van der Waals surface area contributed by atoms with Crippen molar-refractivity contribution in [1.82, 2.24) is 24.8 Å². The molecule has 0 spiro atoms. The van der Waals surface area contributed by atoms with Crippen LogP contribution in [0.2, 0.25) is 0 Å². The molecule has 11 nitrogen and oxygen atoms in total. The third-order valence-electron chi connectivity index (χ3n) is 8.92. The quantitative estimate of drug-likeness (QED) is 0.382. The van der Waals surface area contributed by atoms with Crippen molar-refractivity contribution in [3.8, 4) is 17.0 Å². The summed E-state index contributed by atoms with van der Waals surface area (Å²) < 4.78 is 58.1. The van der Waals surface area contributed by atoms with Gasteiger partial charge >= 0.3 is 5.69 Å². The highest BCUT2D eigenvalue weighted by atomic mass is 19.1. The molecule has 0 aliphatic carbocycles. The van der Waals surface area contributed by atoms with E-state index in [0.29, 0.717) is 13.1 Å². The molecule has 2 bridgehead atoms. The minimum absolute atomic E-state index is 0.0309. The number of amides is 1. The molecule has 1 amide bonds. The Kier molecular flexibility index (Phi) is 9.30. The van der Waals surface area contributed by atoms with Crippen molar-refractivity contribution in [3.63, 3.8) is 0 Å². The average Bonchev–Trinajstić information content (AvgIpc) is 3.07. The van der Waals surface area contributed by atoms with E-state index in [0.717, 1.165) is 6.07 Å². The van der Waals surface area contributed by atoms with E-state index >= 15 is 8.78 Å². The Morgan fingerprint density at radius 1 is 1.25 bits per heavy atom. The molecule has 1 fully saturated rings. The summed E-state index contributed by atoms with van der Waals surface area (Å²) in [5, 5.41) is 15.2. The summed E-state index contributed by atoms with van der Waals surface area (Å²) >= 11 is 0. The summed E-state index contributed by atoms with van der Waals surface area (Å²) in [7, 11) is 0. The predicted molar refractivity (Wildman–Crippen MR) is 174 cm³/mol. The Bertz CT molecular complexity index is 1880. The van der Waals surface area contributed by atoms with Crippen LogP contribution in [-0.2, 0) is 9.53 Å². The number of rotatable bonds is 6. The number of nitrogens with zero attached hydrogens (tertiary/aromatic N) is 5. The highest BCUT2D eigenvalue weighted by molar-refractivity contribution is 5.92. The van der Waals surface area contributed by atoms with Gasteiger partial charge in [-0.05, 0) is 49.4 Å². The van der Waals surface area contributed by atoms with E-state index in [1.54, 1.807) is 17.2 Å². The number of dihydropyridines is 1. The van der Waals surface area contributed by atoms with Crippen LogP contribution in [0.15, 0.2) is 59.6 Å². The number of anilines is 1. The van der Waals surface area contributed by atoms with Gasteiger partial charge in [0.15, 0.2) is 11.5 Å². The topological polar surface area (TPSA) is 122 Å². The normalized spacial score (nSPS) is 22.5. The van der Waals surface area contributed by atoms with Gasteiger partial charge in [-0.25, -0.2) is 27.5 Å². The Hall–Kier alpha value is -4.69. The second-order valence-electron chi connectivity index (χ2n) is 12.3. The van der Waals surface area contributed by atoms with Crippen molar-refractivity contribution in [2.45, 2.75) is 45.1 Å². The number of hydrogen-bond acceptors (Lipinski definition) is 9. The first-order valence-corrected chi connectivity index (χ1v) is 15.8. The number of benzene rings is 1. The molecule has 3 aliphatic rings. The maximum absolute atomic E-state index is 16.3. The highest BCUT2D eigenvalue weighted by Gasteiger charge is 2.37. The molecule has 14 heteroatoms. The standard InChI is InChI=1S/C34H37F3N6O5/c1-5-26(44)41-12-13-42(19(4)16-41)32-21-15-23(37)29-27-22(36)7-6-8-24(27)48-17-25(47-14-10-35)31(45)20-9-11-38-28(18(2)3)30(20)43(33(21)39-29)34(46)40-32/h5-9,11,15,18-19,25,28,31,38,45H,1,10,12-14,16-17H2,2-4H3/t19-,25?,28?,31?/m0/s1. The zero-order valence-corrected chi connectivity index (χ0v) is 26.8. The third kappa shape index (κ3) is 5.83. The summed E-state index contributed by atoms with van der Waals surface area (Å²) in [6.07, 6.45) is 1.84. The number of halogens is 3. The number of carbonyl (C=O) groups is 1. The molecule has 2 N–H and O–H groups in total. The van der Waals surface area contributed by atoms with Crippen molar-refractivity contribution < 1.29 is 32.5 Å². The first-order chi connectivity index (χ1) is 23.0. The number of fused-ring (bicyclic) bond motifs is 4. The molecular weight excluding hydrogens is 629 g/mol. The Labute approximate surface area is 275 Å². The lowest BCUT2D eigenvalue weighted by Gasteiger charge is -2.40. The lowest BCUT2D eigenvalue weighted by Crippen LogP contribution is -2.54. The van der Waals surface area contributed by atoms with Crippen molar-refractivity contribution in [2.24, 2.45) is 5.92 Å². The lowest BCUT2D eigenvalue weighted by atomic mass is 9.90. The van der Waals surface area contributed by atoms with Crippen LogP contribution >= 0.6 is 0 Å². The SMILES string of the molecule is C=CC(=O)N1CCN(c2nc(=O)n3c4nc(c(F)cc24)-c2c(F)cccc2OCC(OCCF)C(O)C2=C3C(C(C)C)NC=C2)[C@@H](C)C1. The van der Waals surface area contributed by atoms with E-state index in [-0.39, 0.29) is 77.1 Å². The number of piperazine rings is 1. The van der Waals surface area contributed by atoms with Gasteiger partial charge < -0.3 is 29.7 Å². The molecule has 4 atom stereocenters. The van der Waals surface area contributed by atoms with Crippen molar-refractivity contribution in [2.75, 3.05) is 44.4 Å². The van der Waals surface area contributed by atoms with Gasteiger partial charge in [0, 0.05) is 31.2 Å². The fourth-order valence-corrected chi connectivity index (χ4v) is 6.58. The van der Waals surface area contributed by atoms with Crippen molar-refractivity contribution in [3.05, 3.63) is 76.9 Å². The van der Waals surface area contributed by atoms with Crippen LogP contribution in [-0.4, -0.2) is 94.3 Å². The molecule has 1 aromatic carbocycles. The van der Waals surface area contributed by atoms with Gasteiger partial charge in [0.2, 0.25) is 5.91 Å². The summed E-state index contributed by atoms with van der Waals surface area (Å²) in [6, 6.07) is 4.20. The van der Waals surface area contributed by atoms with Crippen molar-refractivity contribution >= 4 is 28.5 Å². The molecule has 48 heavy (non-hydrogen) atoms. The number of nitrogens with one attached hydrogen (secondary N) is 1. The zero-order chi connectivity index (χ0) is 34.3. The number of aromatic nitrogens is 3. The molecule has 1 saturated heterocycles. The highest BCUT2D eigenvalue weighted by Crippen LogP contribution is 2.39. The van der Waals surface area contributed by atoms with Gasteiger partial charge in [-0.3, -0.25) is 4.79 Å². The molecule has 3 unspecified atom stereocenters. The van der Waals surface area contributed by atoms with Gasteiger partial charge in [-0.1, -0.05) is 26.5 Å². The van der Waals surface area contributed by atoms with Crippen molar-refractivity contribution in [1.29, 1.82) is 0 Å². The Balaban J connectivity index is 1.68. The first kappa shape index (κ1) is 33.2. The largest absolute Gasteiger partial charge is 0.490 e. The smallest absolute Gasteiger partial charge is 0.355 e. The maximum atomic E-state index is 16.3. The number of alkyl halides is 1. The summed E-state index contributed by atoms with van der Waals surface area (Å²) in [5.41, 5.74) is -0.969. The fraction of sp³-hybridized carbons (Fsp3) is 0.412. The van der Waals surface area contributed by atoms with Crippen LogP contribution in [0.3, 0.4) is 0 Å². The summed E-state index contributed by atoms with van der Waals surface area (Å²) in [6.45, 7) is 8.56. The van der Waals surface area contributed by atoms with Gasteiger partial charge in [0.05, 0.1) is 29.3 Å². The number of aliphatic hydroxyl groups excluding tert-OH is 1. The summed E-state index contributed by atoms with van der Waals surface area (Å²) in [5.74, 6) is -2.06. The number of pyridine rings is 1. The van der Waals surface area contributed by atoms with Crippen LogP contribution in [0.4, 0.5) is 19.0 Å². The number of ether oxygens (including phenoxy) is 2. The monoisotopic (exact) mass is 666 g/mol. The van der Waals surface area contributed by atoms with E-state index < -0.39 is 47.9 Å². The molecule has 254 valence electrons. The Morgan fingerprint density at radius 3 is 2.75 bits per heavy atom. The molecule has 3 aromatic rings. The summed E-state index contributed by atoms with van der Waals surface area (Å²) in [4.78, 5) is 39.2. The molecule has 2 aromatic heterocycles. The predicted octanol–water partition coefficient (Wildman–Crippen LogP) is 3.42. The maximum Gasteiger partial charge on any atom is 0.355 e. The third-order valence-corrected chi connectivity index (χ3v) is 8.92. The Morgan fingerprint density at radius 2 is 2.04 bits per heavy atom. The second-order valence-corrected chi connectivity index (χ2v) is 12.3. The van der Waals surface area contributed by atoms with Gasteiger partial charge in [0.25, 0.3) is 0 Å². The van der Waals surface area contributed by atoms with E-state index in [4.69, 9.17) is 9.47 Å². The van der Waals surface area contributed by atoms with E-state index in [1.165, 1.54) is 28.8 Å². The minimum Gasteiger partial charge on any atom is -0.490 e. The lowest BCUT2D eigenvalue weighted by molar-refractivity contribution is -0.126. The molecule has 0 saturated carbocycles. The number of carbonyl (C=O) groups excluding carboxylic acids is 1. The molecule has 3 aliphatic heterocycles. The first-order valence-electron chi connectivity index (χ1n) is 15.8. The van der Waals surface area contributed by atoms with Gasteiger partial charge in [-0.15, -0.1) is 0 Å². The molecule has 5 heterocycles. The number of hydrogen-bond donors (Lipinski definition) is 2. The van der Waals surface area contributed by atoms with Crippen LogP contribution in [0, 0.1) is 17.6 Å².